The van der Waals surface area contributed by atoms with Crippen LogP contribution in [0.2, 0.25) is 0 Å². The molecule has 2 heterocycles. The second-order valence-electron chi connectivity index (χ2n) is 9.18. The number of nitrogens with zero attached hydrogens (tertiary/aromatic N) is 5. The molecule has 0 aliphatic heterocycles. The lowest BCUT2D eigenvalue weighted by molar-refractivity contribution is 1.15. The van der Waals surface area contributed by atoms with E-state index >= 15 is 0 Å². The van der Waals surface area contributed by atoms with Gasteiger partial charge in [-0.15, -0.1) is 0 Å². The van der Waals surface area contributed by atoms with Crippen molar-refractivity contribution in [2.45, 2.75) is 0 Å². The Hall–Kier alpha value is -5.83. The summed E-state index contributed by atoms with van der Waals surface area (Å²) in [6.07, 6.45) is 0. The number of hydrogen-bond donors (Lipinski definition) is 0. The molecule has 0 amide bonds. The molecule has 7 aromatic rings. The van der Waals surface area contributed by atoms with Crippen LogP contribution in [0, 0.1) is 34.0 Å². The van der Waals surface area contributed by atoms with Gasteiger partial charge in [0.25, 0.3) is 0 Å². The number of nitriles is 3. The molecule has 0 radical (unpaired) electrons. The van der Waals surface area contributed by atoms with Gasteiger partial charge in [0.2, 0.25) is 0 Å². The van der Waals surface area contributed by atoms with Gasteiger partial charge in [0.05, 0.1) is 50.5 Å². The molecule has 0 aliphatic rings. The van der Waals surface area contributed by atoms with E-state index in [1.54, 1.807) is 12.1 Å². The molecule has 0 saturated heterocycles. The Morgan fingerprint density at radius 2 is 0.974 bits per heavy atom. The monoisotopic (exact) mass is 483 g/mol. The third-order valence-electron chi connectivity index (χ3n) is 7.18. The molecular weight excluding hydrogens is 466 g/mol. The smallest absolute Gasteiger partial charge is 0.101 e. The lowest BCUT2D eigenvalue weighted by atomic mass is 10.0. The van der Waals surface area contributed by atoms with E-state index in [0.717, 1.165) is 49.3 Å². The van der Waals surface area contributed by atoms with Gasteiger partial charge in [-0.05, 0) is 48.5 Å². The van der Waals surface area contributed by atoms with Crippen molar-refractivity contribution in [2.75, 3.05) is 0 Å². The van der Waals surface area contributed by atoms with E-state index < -0.39 is 0 Å². The van der Waals surface area contributed by atoms with Crippen LogP contribution in [-0.4, -0.2) is 9.13 Å². The topological polar surface area (TPSA) is 81.2 Å². The summed E-state index contributed by atoms with van der Waals surface area (Å²) in [7, 11) is 0. The van der Waals surface area contributed by atoms with Crippen LogP contribution in [0.4, 0.5) is 0 Å². The van der Waals surface area contributed by atoms with Gasteiger partial charge in [0.15, 0.2) is 0 Å². The molecule has 174 valence electrons. The standard InChI is InChI=1S/C33H17N5/c34-18-21-14-22(19-35)33(23(15-21)20-36)38-30-13-7-5-11-26(30)28-16-27-25-10-4-6-12-29(25)37(31(27)17-32(28)38)24-8-2-1-3-9-24/h1-17H. The second kappa shape index (κ2) is 8.10. The van der Waals surface area contributed by atoms with Gasteiger partial charge in [-0.25, -0.2) is 0 Å². The van der Waals surface area contributed by atoms with Crippen molar-refractivity contribution in [3.05, 3.63) is 120 Å². The molecule has 2 aromatic heterocycles. The van der Waals surface area contributed by atoms with Crippen molar-refractivity contribution in [2.24, 2.45) is 0 Å². The van der Waals surface area contributed by atoms with E-state index in [4.69, 9.17) is 0 Å². The lowest BCUT2D eigenvalue weighted by Gasteiger charge is -2.13. The number of fused-ring (bicyclic) bond motifs is 6. The highest BCUT2D eigenvalue weighted by Crippen LogP contribution is 2.40. The molecular formula is C33H17N5. The van der Waals surface area contributed by atoms with Crippen molar-refractivity contribution < 1.29 is 0 Å². The van der Waals surface area contributed by atoms with E-state index in [9.17, 15) is 15.8 Å². The Morgan fingerprint density at radius 1 is 0.447 bits per heavy atom. The summed E-state index contributed by atoms with van der Waals surface area (Å²) in [5.74, 6) is 0. The third-order valence-corrected chi connectivity index (χ3v) is 7.18. The second-order valence-corrected chi connectivity index (χ2v) is 9.18. The number of aromatic nitrogens is 2. The summed E-state index contributed by atoms with van der Waals surface area (Å²) in [5.41, 5.74) is 6.30. The maximum absolute atomic E-state index is 10.1. The van der Waals surface area contributed by atoms with Crippen molar-refractivity contribution in [1.82, 2.24) is 9.13 Å². The van der Waals surface area contributed by atoms with Crippen LogP contribution in [0.25, 0.3) is 55.0 Å². The van der Waals surface area contributed by atoms with Gasteiger partial charge < -0.3 is 9.13 Å². The normalized spacial score (nSPS) is 11.1. The van der Waals surface area contributed by atoms with Gasteiger partial charge >= 0.3 is 0 Å². The maximum atomic E-state index is 10.1. The van der Waals surface area contributed by atoms with Crippen molar-refractivity contribution >= 4 is 43.6 Å². The third kappa shape index (κ3) is 2.89. The van der Waals surface area contributed by atoms with Gasteiger partial charge in [0.1, 0.15) is 12.1 Å². The summed E-state index contributed by atoms with van der Waals surface area (Å²) >= 11 is 0. The molecule has 0 spiro atoms. The van der Waals surface area contributed by atoms with Crippen LogP contribution in [-0.2, 0) is 0 Å². The number of hydrogen-bond acceptors (Lipinski definition) is 3. The van der Waals surface area contributed by atoms with E-state index in [1.807, 2.05) is 47.0 Å². The van der Waals surface area contributed by atoms with E-state index in [2.05, 4.69) is 71.3 Å². The summed E-state index contributed by atoms with van der Waals surface area (Å²) in [5, 5.41) is 34.0. The number of rotatable bonds is 2. The van der Waals surface area contributed by atoms with Crippen molar-refractivity contribution in [3.63, 3.8) is 0 Å². The Labute approximate surface area is 217 Å². The van der Waals surface area contributed by atoms with E-state index in [1.165, 1.54) is 0 Å². The zero-order chi connectivity index (χ0) is 25.8. The Balaban J connectivity index is 1.71. The predicted octanol–water partition coefficient (Wildman–Crippen LogP) is 7.50. The number of benzene rings is 5. The molecule has 5 aromatic carbocycles. The summed E-state index contributed by atoms with van der Waals surface area (Å²) in [6, 6.07) is 40.6. The quantitative estimate of drug-likeness (QED) is 0.255. The molecule has 5 heteroatoms. The SMILES string of the molecule is N#Cc1cc(C#N)c(-n2c3ccccc3c3cc4c5ccccc5n(-c5ccccc5)c4cc32)c(C#N)c1. The first kappa shape index (κ1) is 21.5. The first-order chi connectivity index (χ1) is 18.7. The number of para-hydroxylation sites is 3. The Kier molecular flexibility index (Phi) is 4.57. The van der Waals surface area contributed by atoms with Crippen LogP contribution < -0.4 is 0 Å². The van der Waals surface area contributed by atoms with Crippen LogP contribution in [0.5, 0.6) is 0 Å². The molecule has 7 rings (SSSR count). The summed E-state index contributed by atoms with van der Waals surface area (Å²) < 4.78 is 4.25. The summed E-state index contributed by atoms with van der Waals surface area (Å²) in [6.45, 7) is 0. The minimum atomic E-state index is 0.284. The molecule has 0 fully saturated rings. The molecule has 5 nitrogen and oxygen atoms in total. The van der Waals surface area contributed by atoms with Crippen LogP contribution in [0.15, 0.2) is 103 Å². The first-order valence-corrected chi connectivity index (χ1v) is 12.1. The van der Waals surface area contributed by atoms with Crippen molar-refractivity contribution in [3.8, 4) is 29.6 Å². The van der Waals surface area contributed by atoms with Gasteiger partial charge in [0, 0.05) is 27.2 Å². The molecule has 0 bridgehead atoms. The van der Waals surface area contributed by atoms with Crippen LogP contribution in [0.1, 0.15) is 16.7 Å². The molecule has 0 saturated carbocycles. The average molecular weight is 484 g/mol. The van der Waals surface area contributed by atoms with Gasteiger partial charge in [-0.2, -0.15) is 15.8 Å². The molecule has 0 unspecified atom stereocenters. The summed E-state index contributed by atoms with van der Waals surface area (Å²) in [4.78, 5) is 0. The van der Waals surface area contributed by atoms with Gasteiger partial charge in [-0.3, -0.25) is 0 Å². The molecule has 0 aliphatic carbocycles. The highest BCUT2D eigenvalue weighted by molar-refractivity contribution is 6.19. The first-order valence-electron chi connectivity index (χ1n) is 12.1. The Bertz CT molecular complexity index is 2180. The van der Waals surface area contributed by atoms with E-state index in [0.29, 0.717) is 5.69 Å². The van der Waals surface area contributed by atoms with E-state index in [-0.39, 0.29) is 16.7 Å². The minimum Gasteiger partial charge on any atom is -0.309 e. The highest BCUT2D eigenvalue weighted by Gasteiger charge is 2.21. The molecule has 0 N–H and O–H groups in total. The highest BCUT2D eigenvalue weighted by atomic mass is 15.0. The van der Waals surface area contributed by atoms with Gasteiger partial charge in [-0.1, -0.05) is 54.6 Å². The predicted molar refractivity (Wildman–Crippen MR) is 149 cm³/mol. The zero-order valence-corrected chi connectivity index (χ0v) is 20.1. The fourth-order valence-corrected chi connectivity index (χ4v) is 5.64. The van der Waals surface area contributed by atoms with Crippen molar-refractivity contribution in [1.29, 1.82) is 15.8 Å². The zero-order valence-electron chi connectivity index (χ0n) is 20.1. The average Bonchev–Trinajstić information content (AvgIpc) is 3.47. The fraction of sp³-hybridized carbons (Fsp3) is 0. The molecule has 0 atom stereocenters. The maximum Gasteiger partial charge on any atom is 0.101 e. The Morgan fingerprint density at radius 3 is 1.55 bits per heavy atom. The van der Waals surface area contributed by atoms with Crippen LogP contribution in [0.3, 0.4) is 0 Å². The fourth-order valence-electron chi connectivity index (χ4n) is 5.64. The minimum absolute atomic E-state index is 0.284. The molecule has 38 heavy (non-hydrogen) atoms. The largest absolute Gasteiger partial charge is 0.309 e. The lowest BCUT2D eigenvalue weighted by Crippen LogP contribution is -2.02. The van der Waals surface area contributed by atoms with Crippen LogP contribution >= 0.6 is 0 Å².